The van der Waals surface area contributed by atoms with Crippen LogP contribution in [0.15, 0.2) is 47.4 Å². The highest BCUT2D eigenvalue weighted by Gasteiger charge is 2.36. The van der Waals surface area contributed by atoms with Gasteiger partial charge in [-0.25, -0.2) is 0 Å². The van der Waals surface area contributed by atoms with Crippen molar-refractivity contribution in [3.05, 3.63) is 75.3 Å². The zero-order valence-electron chi connectivity index (χ0n) is 17.6. The predicted molar refractivity (Wildman–Crippen MR) is 117 cm³/mol. The second kappa shape index (κ2) is 8.03. The SMILES string of the molecule is CCn1c(C)cc(C)c(C(=O)N2C[C@@H](Cc3ccnc4ccccc34)[C@@H](O)C2)c1=O. The molecule has 0 radical (unpaired) electrons. The highest BCUT2D eigenvalue weighted by molar-refractivity contribution is 5.95. The molecule has 156 valence electrons. The number of rotatable bonds is 4. The number of β-amino-alcohol motifs (C(OH)–C–C–N with tert-alkyl or cyclic N) is 1. The molecule has 4 rings (SSSR count). The molecule has 0 bridgehead atoms. The standard InChI is InChI=1S/C24H27N3O3/c1-4-27-16(3)11-15(2)22(24(27)30)23(29)26-13-18(21(28)14-26)12-17-9-10-25-20-8-6-5-7-19(17)20/h5-11,18,21,28H,4,12-14H2,1-3H3/t18-,21+/m1/s1. The summed E-state index contributed by atoms with van der Waals surface area (Å²) in [5.41, 5.74) is 3.53. The van der Waals surface area contributed by atoms with Crippen LogP contribution in [-0.2, 0) is 13.0 Å². The van der Waals surface area contributed by atoms with Crippen molar-refractivity contribution in [1.82, 2.24) is 14.5 Å². The van der Waals surface area contributed by atoms with Crippen molar-refractivity contribution in [2.24, 2.45) is 5.92 Å². The van der Waals surface area contributed by atoms with Crippen LogP contribution in [0.4, 0.5) is 0 Å². The minimum atomic E-state index is -0.625. The Balaban J connectivity index is 1.59. The monoisotopic (exact) mass is 405 g/mol. The van der Waals surface area contributed by atoms with Gasteiger partial charge in [0.05, 0.1) is 11.6 Å². The minimum absolute atomic E-state index is 0.0843. The van der Waals surface area contributed by atoms with Gasteiger partial charge in [-0.1, -0.05) is 18.2 Å². The van der Waals surface area contributed by atoms with Gasteiger partial charge in [0.1, 0.15) is 5.56 Å². The number of aromatic nitrogens is 2. The number of amides is 1. The van der Waals surface area contributed by atoms with Crippen molar-refractivity contribution < 1.29 is 9.90 Å². The fraction of sp³-hybridized carbons (Fsp3) is 0.375. The predicted octanol–water partition coefficient (Wildman–Crippen LogP) is 2.71. The number of fused-ring (bicyclic) bond motifs is 1. The summed E-state index contributed by atoms with van der Waals surface area (Å²) in [6.45, 7) is 6.76. The third kappa shape index (κ3) is 3.52. The van der Waals surface area contributed by atoms with Crippen molar-refractivity contribution in [2.75, 3.05) is 13.1 Å². The molecule has 1 fully saturated rings. The number of aliphatic hydroxyl groups excluding tert-OH is 1. The maximum absolute atomic E-state index is 13.2. The van der Waals surface area contributed by atoms with Crippen LogP contribution in [0.3, 0.4) is 0 Å². The molecule has 1 saturated heterocycles. The molecule has 1 aliphatic rings. The Morgan fingerprint density at radius 1 is 1.20 bits per heavy atom. The van der Waals surface area contributed by atoms with Gasteiger partial charge < -0.3 is 14.6 Å². The normalized spacial score (nSPS) is 18.9. The number of aliphatic hydroxyl groups is 1. The van der Waals surface area contributed by atoms with E-state index in [1.54, 1.807) is 22.6 Å². The lowest BCUT2D eigenvalue weighted by Gasteiger charge is -2.19. The lowest BCUT2D eigenvalue weighted by Crippen LogP contribution is -2.37. The van der Waals surface area contributed by atoms with Crippen LogP contribution in [0, 0.1) is 19.8 Å². The molecule has 2 atom stereocenters. The van der Waals surface area contributed by atoms with E-state index in [9.17, 15) is 14.7 Å². The first kappa shape index (κ1) is 20.3. The van der Waals surface area contributed by atoms with Crippen LogP contribution >= 0.6 is 0 Å². The van der Waals surface area contributed by atoms with E-state index in [0.717, 1.165) is 22.2 Å². The van der Waals surface area contributed by atoms with Gasteiger partial charge in [0.25, 0.3) is 11.5 Å². The number of carbonyl (C=O) groups excluding carboxylic acids is 1. The van der Waals surface area contributed by atoms with Gasteiger partial charge in [-0.2, -0.15) is 0 Å². The van der Waals surface area contributed by atoms with Gasteiger partial charge in [-0.15, -0.1) is 0 Å². The lowest BCUT2D eigenvalue weighted by molar-refractivity contribution is 0.0761. The molecule has 30 heavy (non-hydrogen) atoms. The van der Waals surface area contributed by atoms with Crippen LogP contribution < -0.4 is 5.56 Å². The molecule has 1 amide bonds. The van der Waals surface area contributed by atoms with Crippen LogP contribution in [0.1, 0.15) is 34.1 Å². The number of pyridine rings is 2. The van der Waals surface area contributed by atoms with E-state index < -0.39 is 6.10 Å². The first-order chi connectivity index (χ1) is 14.4. The summed E-state index contributed by atoms with van der Waals surface area (Å²) in [6, 6.07) is 11.8. The van der Waals surface area contributed by atoms with E-state index in [2.05, 4.69) is 4.98 Å². The molecular formula is C24H27N3O3. The summed E-state index contributed by atoms with van der Waals surface area (Å²) in [5, 5.41) is 11.7. The maximum Gasteiger partial charge on any atom is 0.263 e. The van der Waals surface area contributed by atoms with Gasteiger partial charge in [0, 0.05) is 42.8 Å². The summed E-state index contributed by atoms with van der Waals surface area (Å²) in [4.78, 5) is 32.1. The van der Waals surface area contributed by atoms with E-state index in [-0.39, 0.29) is 29.5 Å². The summed E-state index contributed by atoms with van der Waals surface area (Å²) in [5.74, 6) is -0.375. The van der Waals surface area contributed by atoms with Crippen LogP contribution in [0.2, 0.25) is 0 Å². The van der Waals surface area contributed by atoms with Crippen molar-refractivity contribution in [3.63, 3.8) is 0 Å². The molecule has 1 aliphatic heterocycles. The molecule has 0 saturated carbocycles. The Morgan fingerprint density at radius 2 is 1.97 bits per heavy atom. The first-order valence-electron chi connectivity index (χ1n) is 10.4. The highest BCUT2D eigenvalue weighted by Crippen LogP contribution is 2.26. The van der Waals surface area contributed by atoms with Gasteiger partial charge >= 0.3 is 0 Å². The van der Waals surface area contributed by atoms with Crippen LogP contribution in [0.5, 0.6) is 0 Å². The van der Waals surface area contributed by atoms with Gasteiger partial charge in [-0.05, 0) is 56.5 Å². The number of para-hydroxylation sites is 1. The smallest absolute Gasteiger partial charge is 0.263 e. The average molecular weight is 405 g/mol. The fourth-order valence-corrected chi connectivity index (χ4v) is 4.57. The largest absolute Gasteiger partial charge is 0.391 e. The number of hydrogen-bond acceptors (Lipinski definition) is 4. The Morgan fingerprint density at radius 3 is 2.73 bits per heavy atom. The Labute approximate surface area is 175 Å². The molecule has 2 aromatic heterocycles. The van der Waals surface area contributed by atoms with Crippen LogP contribution in [-0.4, -0.2) is 44.7 Å². The number of benzene rings is 1. The van der Waals surface area contributed by atoms with E-state index in [1.165, 1.54) is 0 Å². The third-order valence-electron chi connectivity index (χ3n) is 6.15. The molecular weight excluding hydrogens is 378 g/mol. The highest BCUT2D eigenvalue weighted by atomic mass is 16.3. The zero-order valence-corrected chi connectivity index (χ0v) is 17.6. The van der Waals surface area contributed by atoms with E-state index in [0.29, 0.717) is 25.1 Å². The van der Waals surface area contributed by atoms with Gasteiger partial charge in [0.15, 0.2) is 0 Å². The first-order valence-corrected chi connectivity index (χ1v) is 10.4. The third-order valence-corrected chi connectivity index (χ3v) is 6.15. The summed E-state index contributed by atoms with van der Waals surface area (Å²) >= 11 is 0. The minimum Gasteiger partial charge on any atom is -0.391 e. The quantitative estimate of drug-likeness (QED) is 0.724. The average Bonchev–Trinajstić information content (AvgIpc) is 3.08. The van der Waals surface area contributed by atoms with Crippen molar-refractivity contribution in [2.45, 2.75) is 39.8 Å². The molecule has 6 heteroatoms. The maximum atomic E-state index is 13.2. The molecule has 0 spiro atoms. The molecule has 1 N–H and O–H groups in total. The Kier molecular flexibility index (Phi) is 5.43. The number of carbonyl (C=O) groups is 1. The fourth-order valence-electron chi connectivity index (χ4n) is 4.57. The second-order valence-electron chi connectivity index (χ2n) is 8.12. The topological polar surface area (TPSA) is 75.4 Å². The number of aryl methyl sites for hydroxylation is 2. The summed E-state index contributed by atoms with van der Waals surface area (Å²) in [6.07, 6.45) is 1.81. The summed E-state index contributed by atoms with van der Waals surface area (Å²) < 4.78 is 1.62. The molecule has 3 heterocycles. The Bertz CT molecular complexity index is 1160. The molecule has 0 aliphatic carbocycles. The number of likely N-dealkylation sites (tertiary alicyclic amines) is 1. The van der Waals surface area contributed by atoms with Crippen molar-refractivity contribution in [1.29, 1.82) is 0 Å². The molecule has 0 unspecified atom stereocenters. The van der Waals surface area contributed by atoms with E-state index >= 15 is 0 Å². The van der Waals surface area contributed by atoms with Gasteiger partial charge in [0.2, 0.25) is 0 Å². The number of hydrogen-bond donors (Lipinski definition) is 1. The summed E-state index contributed by atoms with van der Waals surface area (Å²) in [7, 11) is 0. The molecule has 3 aromatic rings. The van der Waals surface area contributed by atoms with Gasteiger partial charge in [-0.3, -0.25) is 14.6 Å². The van der Waals surface area contributed by atoms with Crippen molar-refractivity contribution >= 4 is 16.8 Å². The second-order valence-corrected chi connectivity index (χ2v) is 8.12. The zero-order chi connectivity index (χ0) is 21.4. The molecule has 6 nitrogen and oxygen atoms in total. The van der Waals surface area contributed by atoms with E-state index in [4.69, 9.17) is 0 Å². The number of nitrogens with zero attached hydrogens (tertiary/aromatic N) is 3. The van der Waals surface area contributed by atoms with E-state index in [1.807, 2.05) is 50.2 Å². The molecule has 1 aromatic carbocycles. The van der Waals surface area contributed by atoms with Crippen LogP contribution in [0.25, 0.3) is 10.9 Å². The van der Waals surface area contributed by atoms with Crippen molar-refractivity contribution in [3.8, 4) is 0 Å². The Hall–Kier alpha value is -2.99. The lowest BCUT2D eigenvalue weighted by atomic mass is 9.94.